The van der Waals surface area contributed by atoms with Gasteiger partial charge in [0.05, 0.1) is 23.2 Å². The molecule has 178 valence electrons. The summed E-state index contributed by atoms with van der Waals surface area (Å²) < 4.78 is 39.6. The fourth-order valence-electron chi connectivity index (χ4n) is 4.94. The maximum absolute atomic E-state index is 11.9. The summed E-state index contributed by atoms with van der Waals surface area (Å²) in [5.41, 5.74) is 1.80. The van der Waals surface area contributed by atoms with Crippen molar-refractivity contribution in [2.24, 2.45) is 0 Å². The minimum absolute atomic E-state index is 0.0594. The average Bonchev–Trinajstić information content (AvgIpc) is 2.79. The number of anilines is 2. The topological polar surface area (TPSA) is 73.3 Å². The van der Waals surface area contributed by atoms with E-state index in [1.807, 2.05) is 48.5 Å². The molecular formula is C25H33N3O4S. The van der Waals surface area contributed by atoms with E-state index in [4.69, 9.17) is 4.74 Å². The van der Waals surface area contributed by atoms with Gasteiger partial charge in [-0.25, -0.2) is 0 Å². The lowest BCUT2D eigenvalue weighted by atomic mass is 10.0. The summed E-state index contributed by atoms with van der Waals surface area (Å²) in [6, 6.07) is 15.5. The number of hydrogen-bond donors (Lipinski definition) is 1. The Morgan fingerprint density at radius 3 is 2.18 bits per heavy atom. The summed E-state index contributed by atoms with van der Waals surface area (Å²) in [5, 5.41) is 0. The van der Waals surface area contributed by atoms with Crippen molar-refractivity contribution in [1.82, 2.24) is 9.80 Å². The van der Waals surface area contributed by atoms with Crippen LogP contribution in [-0.2, 0) is 10.1 Å². The molecule has 0 bridgehead atoms. The van der Waals surface area contributed by atoms with Crippen molar-refractivity contribution in [2.75, 3.05) is 30.3 Å². The second kappa shape index (κ2) is 10.2. The zero-order valence-corrected chi connectivity index (χ0v) is 20.1. The minimum atomic E-state index is -4.12. The number of para-hydroxylation sites is 4. The molecule has 1 N–H and O–H groups in total. The molecule has 2 aliphatic heterocycles. The molecule has 0 aliphatic carbocycles. The predicted molar refractivity (Wildman–Crippen MR) is 132 cm³/mol. The molecule has 2 atom stereocenters. The molecule has 2 heterocycles. The second-order valence-corrected chi connectivity index (χ2v) is 10.2. The van der Waals surface area contributed by atoms with E-state index in [9.17, 15) is 13.0 Å². The van der Waals surface area contributed by atoms with E-state index in [0.717, 1.165) is 55.3 Å². The summed E-state index contributed by atoms with van der Waals surface area (Å²) in [4.78, 5) is 6.94. The van der Waals surface area contributed by atoms with Crippen molar-refractivity contribution in [1.29, 1.82) is 0 Å². The molecule has 0 aromatic heterocycles. The third-order valence-electron chi connectivity index (χ3n) is 6.16. The Morgan fingerprint density at radius 1 is 1.00 bits per heavy atom. The van der Waals surface area contributed by atoms with Gasteiger partial charge >= 0.3 is 0 Å². The van der Waals surface area contributed by atoms with Crippen molar-refractivity contribution in [3.05, 3.63) is 60.8 Å². The third-order valence-corrected chi connectivity index (χ3v) is 6.91. The van der Waals surface area contributed by atoms with E-state index < -0.39 is 10.1 Å². The third kappa shape index (κ3) is 5.18. The lowest BCUT2D eigenvalue weighted by molar-refractivity contribution is 0.0507. The molecule has 4 rings (SSSR count). The molecule has 0 saturated carbocycles. The fraction of sp³-hybridized carbons (Fsp3) is 0.440. The van der Waals surface area contributed by atoms with Crippen LogP contribution >= 0.6 is 0 Å². The van der Waals surface area contributed by atoms with Crippen molar-refractivity contribution >= 4 is 21.5 Å². The van der Waals surface area contributed by atoms with Crippen molar-refractivity contribution in [3.8, 4) is 11.5 Å². The SMILES string of the molecule is CCCN1C=CCN(CCC)C1C(CCS(=O)(=O)O)N1c2ccccc2Oc2ccccc21. The Balaban J connectivity index is 1.86. The number of ether oxygens (including phenoxy) is 1. The zero-order valence-electron chi connectivity index (χ0n) is 19.3. The van der Waals surface area contributed by atoms with E-state index in [1.54, 1.807) is 0 Å². The maximum Gasteiger partial charge on any atom is 0.264 e. The first-order valence-electron chi connectivity index (χ1n) is 11.7. The Labute approximate surface area is 197 Å². The van der Waals surface area contributed by atoms with Gasteiger partial charge in [0.15, 0.2) is 11.5 Å². The number of hydrogen-bond acceptors (Lipinski definition) is 6. The van der Waals surface area contributed by atoms with Gasteiger partial charge in [0.1, 0.15) is 6.17 Å². The van der Waals surface area contributed by atoms with Gasteiger partial charge in [0.2, 0.25) is 0 Å². The Kier molecular flexibility index (Phi) is 7.26. The normalized spacial score (nSPS) is 19.1. The summed E-state index contributed by atoms with van der Waals surface area (Å²) in [5.74, 6) is 1.17. The molecule has 33 heavy (non-hydrogen) atoms. The molecule has 8 heteroatoms. The first kappa shape index (κ1) is 23.6. The van der Waals surface area contributed by atoms with Crippen LogP contribution in [0.5, 0.6) is 11.5 Å². The van der Waals surface area contributed by atoms with Gasteiger partial charge in [-0.2, -0.15) is 8.42 Å². The van der Waals surface area contributed by atoms with Crippen molar-refractivity contribution < 1.29 is 17.7 Å². The van der Waals surface area contributed by atoms with Crippen LogP contribution in [-0.4, -0.2) is 60.4 Å². The lowest BCUT2D eigenvalue weighted by Crippen LogP contribution is -2.60. The Morgan fingerprint density at radius 2 is 1.61 bits per heavy atom. The van der Waals surface area contributed by atoms with Crippen LogP contribution in [0.4, 0.5) is 11.4 Å². The summed E-state index contributed by atoms with van der Waals surface area (Å²) in [7, 11) is -4.12. The van der Waals surface area contributed by atoms with Gasteiger partial charge in [-0.05, 0) is 49.7 Å². The number of nitrogens with zero attached hydrogens (tertiary/aromatic N) is 3. The van der Waals surface area contributed by atoms with Crippen LogP contribution in [0.2, 0.25) is 0 Å². The molecule has 0 radical (unpaired) electrons. The highest BCUT2D eigenvalue weighted by atomic mass is 32.2. The minimum Gasteiger partial charge on any atom is -0.453 e. The first-order chi connectivity index (χ1) is 15.9. The molecule has 2 aromatic rings. The van der Waals surface area contributed by atoms with E-state index in [-0.39, 0.29) is 24.4 Å². The largest absolute Gasteiger partial charge is 0.453 e. The van der Waals surface area contributed by atoms with Crippen LogP contribution in [0.1, 0.15) is 33.1 Å². The van der Waals surface area contributed by atoms with Gasteiger partial charge < -0.3 is 14.5 Å². The van der Waals surface area contributed by atoms with E-state index in [1.165, 1.54) is 0 Å². The van der Waals surface area contributed by atoms with Crippen molar-refractivity contribution in [2.45, 2.75) is 45.3 Å². The van der Waals surface area contributed by atoms with Gasteiger partial charge in [-0.15, -0.1) is 0 Å². The second-order valence-electron chi connectivity index (χ2n) is 8.58. The molecule has 2 unspecified atom stereocenters. The van der Waals surface area contributed by atoms with Gasteiger partial charge in [-0.1, -0.05) is 44.2 Å². The zero-order chi connectivity index (χ0) is 23.4. The number of benzene rings is 2. The lowest BCUT2D eigenvalue weighted by Gasteiger charge is -2.50. The quantitative estimate of drug-likeness (QED) is 0.524. The van der Waals surface area contributed by atoms with Crippen LogP contribution in [0.15, 0.2) is 60.8 Å². The van der Waals surface area contributed by atoms with E-state index in [0.29, 0.717) is 0 Å². The highest BCUT2D eigenvalue weighted by Gasteiger charge is 2.40. The molecule has 7 nitrogen and oxygen atoms in total. The highest BCUT2D eigenvalue weighted by Crippen LogP contribution is 2.48. The molecule has 0 fully saturated rings. The van der Waals surface area contributed by atoms with Crippen LogP contribution < -0.4 is 9.64 Å². The number of rotatable bonds is 9. The van der Waals surface area contributed by atoms with Gasteiger partial charge in [0, 0.05) is 19.6 Å². The van der Waals surface area contributed by atoms with Gasteiger partial charge in [0.25, 0.3) is 10.1 Å². The Bertz CT molecular complexity index is 1040. The first-order valence-corrected chi connectivity index (χ1v) is 13.3. The van der Waals surface area contributed by atoms with Crippen LogP contribution in [0.3, 0.4) is 0 Å². The predicted octanol–water partition coefficient (Wildman–Crippen LogP) is 4.85. The molecule has 2 aromatic carbocycles. The summed E-state index contributed by atoms with van der Waals surface area (Å²) >= 11 is 0. The molecule has 0 spiro atoms. The summed E-state index contributed by atoms with van der Waals surface area (Å²) in [6.07, 6.45) is 6.49. The standard InChI is InChI=1S/C25H33N3O4S/c1-3-15-26-17-9-18-27(16-4-2)25(26)22(14-19-33(29,30)31)28-20-10-5-7-12-23(20)32-24-13-8-6-11-21(24)28/h5-13,17,22,25H,3-4,14-16,18-19H2,1-2H3,(H,29,30,31). The highest BCUT2D eigenvalue weighted by molar-refractivity contribution is 7.85. The van der Waals surface area contributed by atoms with E-state index >= 15 is 0 Å². The van der Waals surface area contributed by atoms with Crippen molar-refractivity contribution in [3.63, 3.8) is 0 Å². The number of fused-ring (bicyclic) bond motifs is 2. The molecule has 2 aliphatic rings. The smallest absolute Gasteiger partial charge is 0.264 e. The molecule has 0 saturated heterocycles. The Hall–Kier alpha value is -2.55. The van der Waals surface area contributed by atoms with Crippen LogP contribution in [0.25, 0.3) is 0 Å². The average molecular weight is 472 g/mol. The summed E-state index contributed by atoms with van der Waals surface area (Å²) in [6.45, 7) is 6.86. The van der Waals surface area contributed by atoms with Gasteiger partial charge in [-0.3, -0.25) is 9.45 Å². The maximum atomic E-state index is 11.9. The van der Waals surface area contributed by atoms with E-state index in [2.05, 4.69) is 40.8 Å². The molecule has 0 amide bonds. The molecular weight excluding hydrogens is 438 g/mol. The monoisotopic (exact) mass is 471 g/mol. The van der Waals surface area contributed by atoms with Crippen LogP contribution in [0, 0.1) is 0 Å². The fourth-order valence-corrected chi connectivity index (χ4v) is 5.48.